The number of carbonyl (C=O) groups is 1. The number of nitrogens with one attached hydrogen (secondary N) is 1. The summed E-state index contributed by atoms with van der Waals surface area (Å²) in [5.74, 6) is 0.199. The monoisotopic (exact) mass is 375 g/mol. The van der Waals surface area contributed by atoms with Gasteiger partial charge >= 0.3 is 0 Å². The first-order chi connectivity index (χ1) is 13.0. The Balaban J connectivity index is 1.98. The number of hydrogen-bond donors (Lipinski definition) is 1. The predicted molar refractivity (Wildman–Crippen MR) is 117 cm³/mol. The van der Waals surface area contributed by atoms with E-state index in [1.807, 2.05) is 6.07 Å². The molecule has 27 heavy (non-hydrogen) atoms. The molecule has 0 aliphatic rings. The van der Waals surface area contributed by atoms with Gasteiger partial charge in [-0.05, 0) is 6.42 Å². The fourth-order valence-electron chi connectivity index (χ4n) is 3.49. The maximum absolute atomic E-state index is 12.1. The first-order valence-electron chi connectivity index (χ1n) is 11.2. The van der Waals surface area contributed by atoms with Gasteiger partial charge in [-0.15, -0.1) is 0 Å². The Labute approximate surface area is 168 Å². The zero-order valence-corrected chi connectivity index (χ0v) is 18.1. The molecule has 0 bridgehead atoms. The highest BCUT2D eigenvalue weighted by Gasteiger charge is 2.17. The number of unbranched alkanes of at least 4 members (excludes halogenated alkanes) is 9. The van der Waals surface area contributed by atoms with Crippen molar-refractivity contribution in [1.82, 2.24) is 5.32 Å². The van der Waals surface area contributed by atoms with Gasteiger partial charge in [-0.2, -0.15) is 0 Å². The Hall–Kier alpha value is -1.35. The second-order valence-electron chi connectivity index (χ2n) is 8.58. The fraction of sp³-hybridized carbons (Fsp3) is 0.708. The third kappa shape index (κ3) is 13.5. The van der Waals surface area contributed by atoms with E-state index in [0.717, 1.165) is 30.5 Å². The normalized spacial score (nSPS) is 11.5. The molecule has 3 heteroatoms. The highest BCUT2D eigenvalue weighted by atomic mass is 16.1. The lowest BCUT2D eigenvalue weighted by Gasteiger charge is -2.29. The van der Waals surface area contributed by atoms with Gasteiger partial charge < -0.3 is 9.80 Å². The Morgan fingerprint density at radius 3 is 2.00 bits per heavy atom. The summed E-state index contributed by atoms with van der Waals surface area (Å²) in [5.41, 5.74) is 1.33. The van der Waals surface area contributed by atoms with E-state index < -0.39 is 0 Å². The third-order valence-electron chi connectivity index (χ3n) is 5.25. The Morgan fingerprint density at radius 1 is 0.852 bits per heavy atom. The maximum Gasteiger partial charge on any atom is 0.225 e. The van der Waals surface area contributed by atoms with Crippen LogP contribution in [-0.4, -0.2) is 37.6 Å². The standard InChI is InChI=1S/C24H42N2O/c1-4-5-6-7-8-9-10-11-12-16-20-25-24(27)19-21-26(2,3)22-23-17-14-13-15-18-23/h13-15,17-18H,4-12,16,19-22H2,1-3H3/p+1. The number of hydrogen-bond acceptors (Lipinski definition) is 1. The van der Waals surface area contributed by atoms with Gasteiger partial charge in [0.25, 0.3) is 0 Å². The van der Waals surface area contributed by atoms with Crippen LogP contribution in [0.5, 0.6) is 0 Å². The summed E-state index contributed by atoms with van der Waals surface area (Å²) >= 11 is 0. The Kier molecular flexibility index (Phi) is 12.9. The van der Waals surface area contributed by atoms with Crippen LogP contribution in [0.3, 0.4) is 0 Å². The van der Waals surface area contributed by atoms with Gasteiger partial charge in [0, 0.05) is 12.1 Å². The van der Waals surface area contributed by atoms with E-state index >= 15 is 0 Å². The van der Waals surface area contributed by atoms with E-state index in [0.29, 0.717) is 6.42 Å². The first kappa shape index (κ1) is 23.7. The van der Waals surface area contributed by atoms with Crippen molar-refractivity contribution in [2.75, 3.05) is 27.2 Å². The summed E-state index contributed by atoms with van der Waals surface area (Å²) in [6, 6.07) is 10.5. The SMILES string of the molecule is CCCCCCCCCCCCNC(=O)CC[N+](C)(C)Cc1ccccc1. The molecule has 1 aromatic carbocycles. The lowest BCUT2D eigenvalue weighted by Crippen LogP contribution is -2.41. The second-order valence-corrected chi connectivity index (χ2v) is 8.58. The molecule has 3 nitrogen and oxygen atoms in total. The topological polar surface area (TPSA) is 29.1 Å². The number of amides is 1. The van der Waals surface area contributed by atoms with E-state index in [4.69, 9.17) is 0 Å². The van der Waals surface area contributed by atoms with Crippen LogP contribution in [-0.2, 0) is 11.3 Å². The van der Waals surface area contributed by atoms with Gasteiger partial charge in [0.15, 0.2) is 0 Å². The summed E-state index contributed by atoms with van der Waals surface area (Å²) in [6.07, 6.45) is 13.9. The van der Waals surface area contributed by atoms with Gasteiger partial charge in [0.1, 0.15) is 6.54 Å². The number of benzene rings is 1. The van der Waals surface area contributed by atoms with Crippen molar-refractivity contribution in [3.8, 4) is 0 Å². The zero-order chi connectivity index (χ0) is 19.8. The van der Waals surface area contributed by atoms with Gasteiger partial charge in [-0.3, -0.25) is 4.79 Å². The van der Waals surface area contributed by atoms with E-state index in [9.17, 15) is 4.79 Å². The molecule has 0 radical (unpaired) electrons. The van der Waals surface area contributed by atoms with Crippen LogP contribution in [0.25, 0.3) is 0 Å². The zero-order valence-electron chi connectivity index (χ0n) is 18.1. The number of rotatable bonds is 16. The quantitative estimate of drug-likeness (QED) is 0.292. The van der Waals surface area contributed by atoms with Crippen LogP contribution < -0.4 is 5.32 Å². The molecule has 0 saturated heterocycles. The molecule has 0 aliphatic heterocycles. The molecule has 0 aromatic heterocycles. The largest absolute Gasteiger partial charge is 0.356 e. The van der Waals surface area contributed by atoms with Crippen molar-refractivity contribution in [3.63, 3.8) is 0 Å². The van der Waals surface area contributed by atoms with Gasteiger partial charge in [0.2, 0.25) is 5.91 Å². The Morgan fingerprint density at radius 2 is 1.41 bits per heavy atom. The van der Waals surface area contributed by atoms with Crippen LogP contribution in [0, 0.1) is 0 Å². The first-order valence-corrected chi connectivity index (χ1v) is 11.2. The van der Waals surface area contributed by atoms with Crippen molar-refractivity contribution in [2.24, 2.45) is 0 Å². The summed E-state index contributed by atoms with van der Waals surface area (Å²) in [7, 11) is 4.39. The molecule has 0 atom stereocenters. The van der Waals surface area contributed by atoms with Gasteiger partial charge in [0.05, 0.1) is 27.1 Å². The van der Waals surface area contributed by atoms with E-state index in [1.54, 1.807) is 0 Å². The van der Waals surface area contributed by atoms with E-state index in [1.165, 1.54) is 63.4 Å². The molecule has 0 saturated carbocycles. The van der Waals surface area contributed by atoms with Crippen LogP contribution in [0.2, 0.25) is 0 Å². The smallest absolute Gasteiger partial charge is 0.225 e. The van der Waals surface area contributed by atoms with Crippen molar-refractivity contribution >= 4 is 5.91 Å². The third-order valence-corrected chi connectivity index (χ3v) is 5.25. The molecule has 1 aromatic rings. The summed E-state index contributed by atoms with van der Waals surface area (Å²) in [5, 5.41) is 3.10. The minimum atomic E-state index is 0.199. The van der Waals surface area contributed by atoms with Gasteiger partial charge in [-0.1, -0.05) is 95.0 Å². The predicted octanol–water partition coefficient (Wildman–Crippen LogP) is 5.69. The number of nitrogens with zero attached hydrogens (tertiary/aromatic N) is 1. The highest BCUT2D eigenvalue weighted by Crippen LogP contribution is 2.11. The van der Waals surface area contributed by atoms with Crippen LogP contribution in [0.4, 0.5) is 0 Å². The average Bonchev–Trinajstić information content (AvgIpc) is 2.65. The summed E-state index contributed by atoms with van der Waals surface area (Å²) in [4.78, 5) is 12.1. The molecule has 0 fully saturated rings. The van der Waals surface area contributed by atoms with Gasteiger partial charge in [-0.25, -0.2) is 0 Å². The Bertz CT molecular complexity index is 484. The highest BCUT2D eigenvalue weighted by molar-refractivity contribution is 5.75. The van der Waals surface area contributed by atoms with E-state index in [2.05, 4.69) is 50.6 Å². The van der Waals surface area contributed by atoms with Crippen molar-refractivity contribution in [2.45, 2.75) is 84.1 Å². The molecular formula is C24H43N2O+. The number of carbonyl (C=O) groups excluding carboxylic acids is 1. The van der Waals surface area contributed by atoms with Crippen LogP contribution >= 0.6 is 0 Å². The molecule has 0 aliphatic carbocycles. The van der Waals surface area contributed by atoms with Crippen LogP contribution in [0.1, 0.15) is 83.1 Å². The molecule has 1 amide bonds. The average molecular weight is 376 g/mol. The molecule has 1 N–H and O–H groups in total. The maximum atomic E-state index is 12.1. The molecule has 0 heterocycles. The lowest BCUT2D eigenvalue weighted by atomic mass is 10.1. The fourth-order valence-corrected chi connectivity index (χ4v) is 3.49. The molecule has 0 spiro atoms. The van der Waals surface area contributed by atoms with Crippen molar-refractivity contribution in [1.29, 1.82) is 0 Å². The number of quaternary nitrogens is 1. The minimum Gasteiger partial charge on any atom is -0.356 e. The van der Waals surface area contributed by atoms with Crippen molar-refractivity contribution in [3.05, 3.63) is 35.9 Å². The molecule has 0 unspecified atom stereocenters. The molecule has 1 rings (SSSR count). The summed E-state index contributed by atoms with van der Waals surface area (Å²) < 4.78 is 0.843. The molecule has 154 valence electrons. The minimum absolute atomic E-state index is 0.199. The lowest BCUT2D eigenvalue weighted by molar-refractivity contribution is -0.903. The second kappa shape index (κ2) is 14.7. The molecular weight excluding hydrogens is 332 g/mol. The van der Waals surface area contributed by atoms with Crippen LogP contribution in [0.15, 0.2) is 30.3 Å². The van der Waals surface area contributed by atoms with E-state index in [-0.39, 0.29) is 5.91 Å². The van der Waals surface area contributed by atoms with Crippen molar-refractivity contribution < 1.29 is 9.28 Å². The summed E-state index contributed by atoms with van der Waals surface area (Å²) in [6.45, 7) is 4.94.